The van der Waals surface area contributed by atoms with E-state index in [2.05, 4.69) is 17.3 Å². The van der Waals surface area contributed by atoms with Crippen LogP contribution in [-0.2, 0) is 4.74 Å². The number of ether oxygens (including phenoxy) is 1. The van der Waals surface area contributed by atoms with Crippen LogP contribution in [0.4, 0.5) is 0 Å². The largest absolute Gasteiger partial charge is 0.389 e. The molecule has 1 atom stereocenters. The first-order valence-electron chi connectivity index (χ1n) is 6.00. The van der Waals surface area contributed by atoms with E-state index in [1.54, 1.807) is 7.11 Å². The zero-order chi connectivity index (χ0) is 12.6. The Hall–Kier alpha value is -0.160. The van der Waals surface area contributed by atoms with Crippen molar-refractivity contribution in [3.05, 3.63) is 0 Å². The molecule has 0 fully saturated rings. The molecule has 0 aliphatic rings. The van der Waals surface area contributed by atoms with E-state index in [0.29, 0.717) is 6.54 Å². The summed E-state index contributed by atoms with van der Waals surface area (Å²) in [6.45, 7) is 10.2. The topological polar surface area (TPSA) is 44.7 Å². The molecule has 0 aliphatic heterocycles. The quantitative estimate of drug-likeness (QED) is 0.570. The summed E-state index contributed by atoms with van der Waals surface area (Å²) in [5, 5.41) is 13.3. The number of methoxy groups -OCH3 is 1. The smallest absolute Gasteiger partial charge is 0.0766 e. The van der Waals surface area contributed by atoms with Gasteiger partial charge in [0.1, 0.15) is 0 Å². The number of nitrogens with zero attached hydrogens (tertiary/aromatic N) is 1. The van der Waals surface area contributed by atoms with Gasteiger partial charge in [-0.15, -0.1) is 0 Å². The van der Waals surface area contributed by atoms with Gasteiger partial charge >= 0.3 is 0 Å². The standard InChI is InChI=1S/C12H28N2O2/c1-11(2)12(3,15)10-13-6-7-14(4)8-9-16-5/h11,13,15H,6-10H2,1-5H3. The Morgan fingerprint density at radius 2 is 2.00 bits per heavy atom. The highest BCUT2D eigenvalue weighted by molar-refractivity contribution is 4.78. The zero-order valence-corrected chi connectivity index (χ0v) is 11.4. The molecule has 0 saturated heterocycles. The number of aliphatic hydroxyl groups is 1. The Labute approximate surface area is 100.0 Å². The first-order valence-corrected chi connectivity index (χ1v) is 6.00. The van der Waals surface area contributed by atoms with Crippen LogP contribution in [0, 0.1) is 5.92 Å². The number of hydrogen-bond acceptors (Lipinski definition) is 4. The lowest BCUT2D eigenvalue weighted by molar-refractivity contribution is 0.0140. The van der Waals surface area contributed by atoms with Gasteiger partial charge in [0.25, 0.3) is 0 Å². The van der Waals surface area contributed by atoms with Crippen LogP contribution in [0.5, 0.6) is 0 Å². The predicted octanol–water partition coefficient (Wildman–Crippen LogP) is 0.561. The van der Waals surface area contributed by atoms with Crippen LogP contribution in [0.2, 0.25) is 0 Å². The third kappa shape index (κ3) is 7.17. The Balaban J connectivity index is 3.52. The van der Waals surface area contributed by atoms with Crippen molar-refractivity contribution < 1.29 is 9.84 Å². The van der Waals surface area contributed by atoms with Gasteiger partial charge in [0.15, 0.2) is 0 Å². The highest BCUT2D eigenvalue weighted by Gasteiger charge is 2.23. The van der Waals surface area contributed by atoms with Crippen molar-refractivity contribution in [3.8, 4) is 0 Å². The molecule has 0 heterocycles. The van der Waals surface area contributed by atoms with Gasteiger partial charge in [0.05, 0.1) is 12.2 Å². The normalized spacial score (nSPS) is 15.8. The first kappa shape index (κ1) is 15.8. The summed E-state index contributed by atoms with van der Waals surface area (Å²) < 4.78 is 5.00. The second-order valence-electron chi connectivity index (χ2n) is 4.98. The molecule has 4 heteroatoms. The Morgan fingerprint density at radius 3 is 2.50 bits per heavy atom. The van der Waals surface area contributed by atoms with Crippen molar-refractivity contribution in [1.29, 1.82) is 0 Å². The number of rotatable bonds is 9. The van der Waals surface area contributed by atoms with Gasteiger partial charge in [0, 0.05) is 33.3 Å². The van der Waals surface area contributed by atoms with Crippen LogP contribution >= 0.6 is 0 Å². The molecule has 0 bridgehead atoms. The zero-order valence-electron chi connectivity index (χ0n) is 11.4. The van der Waals surface area contributed by atoms with E-state index in [4.69, 9.17) is 4.74 Å². The Morgan fingerprint density at radius 1 is 1.38 bits per heavy atom. The van der Waals surface area contributed by atoms with Gasteiger partial charge in [0.2, 0.25) is 0 Å². The lowest BCUT2D eigenvalue weighted by Gasteiger charge is -2.28. The molecule has 1 unspecified atom stereocenters. The van der Waals surface area contributed by atoms with Gasteiger partial charge in [-0.05, 0) is 19.9 Å². The highest BCUT2D eigenvalue weighted by Crippen LogP contribution is 2.14. The molecule has 2 N–H and O–H groups in total. The van der Waals surface area contributed by atoms with Crippen molar-refractivity contribution in [2.75, 3.05) is 46.9 Å². The van der Waals surface area contributed by atoms with E-state index < -0.39 is 5.60 Å². The van der Waals surface area contributed by atoms with E-state index in [1.165, 1.54) is 0 Å². The molecule has 4 nitrogen and oxygen atoms in total. The van der Waals surface area contributed by atoms with E-state index in [9.17, 15) is 5.11 Å². The fraction of sp³-hybridized carbons (Fsp3) is 1.00. The summed E-state index contributed by atoms with van der Waals surface area (Å²) in [5.74, 6) is 0.270. The molecule has 0 aromatic carbocycles. The second kappa shape index (κ2) is 8.01. The number of nitrogens with one attached hydrogen (secondary N) is 1. The highest BCUT2D eigenvalue weighted by atomic mass is 16.5. The summed E-state index contributed by atoms with van der Waals surface area (Å²) >= 11 is 0. The number of hydrogen-bond donors (Lipinski definition) is 2. The fourth-order valence-electron chi connectivity index (χ4n) is 1.17. The summed E-state index contributed by atoms with van der Waals surface area (Å²) in [5.41, 5.74) is -0.620. The average molecular weight is 232 g/mol. The lowest BCUT2D eigenvalue weighted by Crippen LogP contribution is -2.44. The summed E-state index contributed by atoms with van der Waals surface area (Å²) in [6, 6.07) is 0. The molecule has 0 aromatic rings. The summed E-state index contributed by atoms with van der Waals surface area (Å²) in [4.78, 5) is 2.21. The third-order valence-corrected chi connectivity index (χ3v) is 3.07. The predicted molar refractivity (Wildman–Crippen MR) is 67.7 cm³/mol. The summed E-state index contributed by atoms with van der Waals surface area (Å²) in [6.07, 6.45) is 0. The lowest BCUT2D eigenvalue weighted by atomic mass is 9.93. The van der Waals surface area contributed by atoms with Crippen LogP contribution in [0.3, 0.4) is 0 Å². The maximum Gasteiger partial charge on any atom is 0.0766 e. The van der Waals surface area contributed by atoms with Crippen molar-refractivity contribution >= 4 is 0 Å². The van der Waals surface area contributed by atoms with Crippen LogP contribution in [0.25, 0.3) is 0 Å². The maximum atomic E-state index is 10.0. The van der Waals surface area contributed by atoms with Crippen LogP contribution < -0.4 is 5.32 Å². The van der Waals surface area contributed by atoms with Crippen molar-refractivity contribution in [1.82, 2.24) is 10.2 Å². The summed E-state index contributed by atoms with van der Waals surface area (Å²) in [7, 11) is 3.78. The molecular formula is C12H28N2O2. The van der Waals surface area contributed by atoms with Crippen molar-refractivity contribution in [3.63, 3.8) is 0 Å². The maximum absolute atomic E-state index is 10.0. The van der Waals surface area contributed by atoms with Crippen molar-refractivity contribution in [2.24, 2.45) is 5.92 Å². The molecule has 0 rings (SSSR count). The minimum absolute atomic E-state index is 0.270. The molecule has 0 radical (unpaired) electrons. The van der Waals surface area contributed by atoms with E-state index in [-0.39, 0.29) is 5.92 Å². The van der Waals surface area contributed by atoms with Gasteiger partial charge in [-0.3, -0.25) is 0 Å². The fourth-order valence-corrected chi connectivity index (χ4v) is 1.17. The third-order valence-electron chi connectivity index (χ3n) is 3.07. The van der Waals surface area contributed by atoms with Gasteiger partial charge in [-0.1, -0.05) is 13.8 Å². The van der Waals surface area contributed by atoms with Crippen molar-refractivity contribution in [2.45, 2.75) is 26.4 Å². The van der Waals surface area contributed by atoms with Crippen LogP contribution in [0.15, 0.2) is 0 Å². The van der Waals surface area contributed by atoms with Gasteiger partial charge in [-0.25, -0.2) is 0 Å². The minimum Gasteiger partial charge on any atom is -0.389 e. The first-order chi connectivity index (χ1) is 7.40. The molecule has 0 spiro atoms. The molecule has 16 heavy (non-hydrogen) atoms. The minimum atomic E-state index is -0.620. The van der Waals surface area contributed by atoms with Gasteiger partial charge < -0.3 is 20.1 Å². The molecular weight excluding hydrogens is 204 g/mol. The monoisotopic (exact) mass is 232 g/mol. The molecule has 98 valence electrons. The average Bonchev–Trinajstić information content (AvgIpc) is 2.21. The molecule has 0 amide bonds. The van der Waals surface area contributed by atoms with E-state index >= 15 is 0 Å². The molecule has 0 aliphatic carbocycles. The molecule has 0 saturated carbocycles. The SMILES string of the molecule is COCCN(C)CCNCC(C)(O)C(C)C. The van der Waals surface area contributed by atoms with Crippen LogP contribution in [0.1, 0.15) is 20.8 Å². The van der Waals surface area contributed by atoms with Crippen LogP contribution in [-0.4, -0.2) is 62.6 Å². The molecule has 0 aromatic heterocycles. The second-order valence-corrected chi connectivity index (χ2v) is 4.98. The van der Waals surface area contributed by atoms with Gasteiger partial charge in [-0.2, -0.15) is 0 Å². The van der Waals surface area contributed by atoms with E-state index in [0.717, 1.165) is 26.2 Å². The Bertz CT molecular complexity index is 172. The van der Waals surface area contributed by atoms with E-state index in [1.807, 2.05) is 20.8 Å². The Kier molecular flexibility index (Phi) is 7.93. The number of likely N-dealkylation sites (N-methyl/N-ethyl adjacent to an activating group) is 1.